The van der Waals surface area contributed by atoms with E-state index < -0.39 is 0 Å². The fourth-order valence-corrected chi connectivity index (χ4v) is 2.00. The van der Waals surface area contributed by atoms with Crippen molar-refractivity contribution in [3.05, 3.63) is 17.2 Å². The highest BCUT2D eigenvalue weighted by atomic mass is 16.5. The van der Waals surface area contributed by atoms with E-state index in [1.807, 2.05) is 0 Å². The van der Waals surface area contributed by atoms with E-state index in [4.69, 9.17) is 4.74 Å². The number of hydrogen-bond acceptors (Lipinski definition) is 3. The Morgan fingerprint density at radius 3 is 2.94 bits per heavy atom. The zero-order valence-electron chi connectivity index (χ0n) is 10.3. The van der Waals surface area contributed by atoms with Crippen LogP contribution in [-0.2, 0) is 11.2 Å². The van der Waals surface area contributed by atoms with E-state index in [2.05, 4.69) is 36.1 Å². The summed E-state index contributed by atoms with van der Waals surface area (Å²) < 4.78 is 5.68. The van der Waals surface area contributed by atoms with Gasteiger partial charge in [-0.1, -0.05) is 13.8 Å². The Morgan fingerprint density at radius 1 is 1.50 bits per heavy atom. The van der Waals surface area contributed by atoms with Gasteiger partial charge in [0.2, 0.25) is 0 Å². The molecule has 2 N–H and O–H groups in total. The number of aryl methyl sites for hydroxylation is 1. The van der Waals surface area contributed by atoms with E-state index in [0.29, 0.717) is 5.92 Å². The molecule has 1 unspecified atom stereocenters. The zero-order valence-corrected chi connectivity index (χ0v) is 10.3. The number of rotatable bonds is 3. The van der Waals surface area contributed by atoms with Gasteiger partial charge in [-0.15, -0.1) is 0 Å². The molecule has 0 aliphatic carbocycles. The second-order valence-electron chi connectivity index (χ2n) is 4.86. The van der Waals surface area contributed by atoms with Crippen LogP contribution in [0.2, 0.25) is 0 Å². The van der Waals surface area contributed by atoms with Crippen LogP contribution in [0.1, 0.15) is 37.2 Å². The Balaban J connectivity index is 2.09. The molecule has 0 amide bonds. The zero-order chi connectivity index (χ0) is 11.5. The minimum Gasteiger partial charge on any atom is -0.368 e. The third-order valence-corrected chi connectivity index (χ3v) is 2.84. The lowest BCUT2D eigenvalue weighted by atomic mass is 10.1. The maximum absolute atomic E-state index is 5.68. The summed E-state index contributed by atoms with van der Waals surface area (Å²) in [6.07, 6.45) is 1.12. The van der Waals surface area contributed by atoms with E-state index in [1.165, 1.54) is 11.4 Å². The number of imidazole rings is 1. The van der Waals surface area contributed by atoms with Crippen LogP contribution >= 0.6 is 0 Å². The summed E-state index contributed by atoms with van der Waals surface area (Å²) >= 11 is 0. The Morgan fingerprint density at radius 2 is 2.31 bits per heavy atom. The number of morpholine rings is 1. The molecule has 2 rings (SSSR count). The first kappa shape index (κ1) is 11.6. The van der Waals surface area contributed by atoms with Crippen molar-refractivity contribution < 1.29 is 4.74 Å². The molecule has 1 fully saturated rings. The van der Waals surface area contributed by atoms with Gasteiger partial charge in [0.05, 0.1) is 12.3 Å². The van der Waals surface area contributed by atoms with Gasteiger partial charge in [0, 0.05) is 18.8 Å². The van der Waals surface area contributed by atoms with Crippen molar-refractivity contribution in [2.75, 3.05) is 19.7 Å². The molecule has 1 aromatic rings. The third-order valence-electron chi connectivity index (χ3n) is 2.84. The molecule has 1 aliphatic heterocycles. The molecule has 0 bridgehead atoms. The molecule has 0 radical (unpaired) electrons. The quantitative estimate of drug-likeness (QED) is 0.818. The molecule has 1 aromatic heterocycles. The smallest absolute Gasteiger partial charge is 0.137 e. The van der Waals surface area contributed by atoms with Gasteiger partial charge in [0.15, 0.2) is 0 Å². The molecule has 1 atom stereocenters. The van der Waals surface area contributed by atoms with Gasteiger partial charge in [-0.3, -0.25) is 0 Å². The number of ether oxygens (including phenoxy) is 1. The Bertz CT molecular complexity index is 340. The van der Waals surface area contributed by atoms with Crippen LogP contribution in [0.25, 0.3) is 0 Å². The predicted molar refractivity (Wildman–Crippen MR) is 63.4 cm³/mol. The Kier molecular flexibility index (Phi) is 3.61. The van der Waals surface area contributed by atoms with Crippen LogP contribution in [0.3, 0.4) is 0 Å². The number of hydrogen-bond donors (Lipinski definition) is 2. The topological polar surface area (TPSA) is 49.9 Å². The van der Waals surface area contributed by atoms with Gasteiger partial charge in [0.1, 0.15) is 11.9 Å². The largest absolute Gasteiger partial charge is 0.368 e. The Hall–Kier alpha value is -0.870. The average molecular weight is 223 g/mol. The lowest BCUT2D eigenvalue weighted by molar-refractivity contribution is 0.0225. The fraction of sp³-hybridized carbons (Fsp3) is 0.750. The maximum Gasteiger partial charge on any atom is 0.137 e. The summed E-state index contributed by atoms with van der Waals surface area (Å²) in [5.41, 5.74) is 2.36. The number of H-pyrrole nitrogens is 1. The van der Waals surface area contributed by atoms with Crippen molar-refractivity contribution in [1.82, 2.24) is 15.3 Å². The van der Waals surface area contributed by atoms with Gasteiger partial charge < -0.3 is 15.0 Å². The number of aromatic nitrogens is 2. The summed E-state index contributed by atoms with van der Waals surface area (Å²) in [6, 6.07) is 0. The van der Waals surface area contributed by atoms with Crippen LogP contribution in [0.15, 0.2) is 0 Å². The lowest BCUT2D eigenvalue weighted by Crippen LogP contribution is -2.33. The highest BCUT2D eigenvalue weighted by molar-refractivity contribution is 5.15. The molecule has 0 spiro atoms. The van der Waals surface area contributed by atoms with E-state index in [9.17, 15) is 0 Å². The van der Waals surface area contributed by atoms with E-state index in [1.54, 1.807) is 0 Å². The molecule has 2 heterocycles. The highest BCUT2D eigenvalue weighted by Crippen LogP contribution is 2.19. The molecule has 4 nitrogen and oxygen atoms in total. The van der Waals surface area contributed by atoms with Crippen LogP contribution < -0.4 is 5.32 Å². The van der Waals surface area contributed by atoms with Crippen molar-refractivity contribution in [3.63, 3.8) is 0 Å². The summed E-state index contributed by atoms with van der Waals surface area (Å²) in [5, 5.41) is 3.32. The minimum atomic E-state index is 0.0911. The highest BCUT2D eigenvalue weighted by Gasteiger charge is 2.20. The monoisotopic (exact) mass is 223 g/mol. The summed E-state index contributed by atoms with van der Waals surface area (Å²) in [5.74, 6) is 1.61. The first-order valence-electron chi connectivity index (χ1n) is 6.04. The minimum absolute atomic E-state index is 0.0911. The lowest BCUT2D eigenvalue weighted by Gasteiger charge is -2.21. The number of aromatic amines is 1. The van der Waals surface area contributed by atoms with Crippen molar-refractivity contribution in [1.29, 1.82) is 0 Å². The molecule has 1 saturated heterocycles. The summed E-state index contributed by atoms with van der Waals surface area (Å²) in [6.45, 7) is 9.08. The SMILES string of the molecule is Cc1[nH]c(C2CNCCO2)nc1CC(C)C. The average Bonchev–Trinajstić information content (AvgIpc) is 2.61. The van der Waals surface area contributed by atoms with Crippen LogP contribution in [0.5, 0.6) is 0 Å². The standard InChI is InChI=1S/C12H21N3O/c1-8(2)6-10-9(3)14-12(15-10)11-7-13-4-5-16-11/h8,11,13H,4-7H2,1-3H3,(H,14,15). The van der Waals surface area contributed by atoms with Gasteiger partial charge in [-0.05, 0) is 19.3 Å². The van der Waals surface area contributed by atoms with Gasteiger partial charge in [0.25, 0.3) is 0 Å². The van der Waals surface area contributed by atoms with E-state index >= 15 is 0 Å². The first-order valence-corrected chi connectivity index (χ1v) is 6.04. The van der Waals surface area contributed by atoms with Crippen molar-refractivity contribution >= 4 is 0 Å². The molecule has 0 aromatic carbocycles. The maximum atomic E-state index is 5.68. The van der Waals surface area contributed by atoms with E-state index in [-0.39, 0.29) is 6.10 Å². The predicted octanol–water partition coefficient (Wildman–Crippen LogP) is 1.58. The van der Waals surface area contributed by atoms with Gasteiger partial charge >= 0.3 is 0 Å². The molecular formula is C12H21N3O. The Labute approximate surface area is 96.8 Å². The number of nitrogens with one attached hydrogen (secondary N) is 2. The second kappa shape index (κ2) is 4.97. The molecule has 90 valence electrons. The van der Waals surface area contributed by atoms with Gasteiger partial charge in [-0.25, -0.2) is 4.98 Å². The van der Waals surface area contributed by atoms with Crippen LogP contribution in [0.4, 0.5) is 0 Å². The molecule has 1 aliphatic rings. The van der Waals surface area contributed by atoms with Crippen molar-refractivity contribution in [2.24, 2.45) is 5.92 Å². The van der Waals surface area contributed by atoms with Crippen LogP contribution in [0, 0.1) is 12.8 Å². The van der Waals surface area contributed by atoms with Crippen LogP contribution in [-0.4, -0.2) is 29.7 Å². The first-order chi connectivity index (χ1) is 7.66. The third kappa shape index (κ3) is 2.62. The summed E-state index contributed by atoms with van der Waals surface area (Å²) in [4.78, 5) is 8.00. The molecule has 4 heteroatoms. The van der Waals surface area contributed by atoms with Crippen molar-refractivity contribution in [3.8, 4) is 0 Å². The normalized spacial score (nSPS) is 21.6. The van der Waals surface area contributed by atoms with Gasteiger partial charge in [-0.2, -0.15) is 0 Å². The molecule has 16 heavy (non-hydrogen) atoms. The number of nitrogens with zero attached hydrogens (tertiary/aromatic N) is 1. The van der Waals surface area contributed by atoms with Crippen molar-refractivity contribution in [2.45, 2.75) is 33.3 Å². The fourth-order valence-electron chi connectivity index (χ4n) is 2.00. The second-order valence-corrected chi connectivity index (χ2v) is 4.86. The molecular weight excluding hydrogens is 202 g/mol. The summed E-state index contributed by atoms with van der Waals surface area (Å²) in [7, 11) is 0. The molecule has 0 saturated carbocycles. The van der Waals surface area contributed by atoms with E-state index in [0.717, 1.165) is 31.9 Å².